The summed E-state index contributed by atoms with van der Waals surface area (Å²) in [7, 11) is 0. The van der Waals surface area contributed by atoms with Gasteiger partial charge in [-0.1, -0.05) is 18.2 Å². The van der Waals surface area contributed by atoms with E-state index in [1.165, 1.54) is 12.1 Å². The fourth-order valence-corrected chi connectivity index (χ4v) is 3.60. The monoisotopic (exact) mass is 477 g/mol. The number of carbonyl (C=O) groups excluding carboxylic acids is 1. The Bertz CT molecular complexity index is 1090. The molecule has 1 fully saturated rings. The van der Waals surface area contributed by atoms with Crippen LogP contribution in [-0.2, 0) is 4.74 Å². The zero-order valence-electron chi connectivity index (χ0n) is 18.8. The van der Waals surface area contributed by atoms with Crippen LogP contribution in [0.1, 0.15) is 39.9 Å². The van der Waals surface area contributed by atoms with Crippen LogP contribution in [0, 0.1) is 12.3 Å². The van der Waals surface area contributed by atoms with Gasteiger partial charge in [0, 0.05) is 41.4 Å². The largest absolute Gasteiger partial charge is 0.573 e. The van der Waals surface area contributed by atoms with Gasteiger partial charge in [0.2, 0.25) is 5.90 Å². The van der Waals surface area contributed by atoms with E-state index in [0.29, 0.717) is 35.5 Å². The first-order valence-corrected chi connectivity index (χ1v) is 10.5. The lowest BCUT2D eigenvalue weighted by Gasteiger charge is -2.39. The number of likely N-dealkylation sites (tertiary alicyclic amines) is 1. The summed E-state index contributed by atoms with van der Waals surface area (Å²) >= 11 is 0. The lowest BCUT2D eigenvalue weighted by atomic mass is 9.90. The fourth-order valence-electron chi connectivity index (χ4n) is 3.60. The Hall–Kier alpha value is -3.53. The van der Waals surface area contributed by atoms with Gasteiger partial charge in [-0.2, -0.15) is 0 Å². The van der Waals surface area contributed by atoms with Crippen molar-refractivity contribution in [3.63, 3.8) is 0 Å². The molecule has 2 aromatic rings. The highest BCUT2D eigenvalue weighted by Crippen LogP contribution is 2.31. The Balaban J connectivity index is 1.68. The Morgan fingerprint density at radius 1 is 1.21 bits per heavy atom. The molecular formula is C24H26F3N3O4. The maximum absolute atomic E-state index is 13.0. The molecule has 1 heterocycles. The van der Waals surface area contributed by atoms with Gasteiger partial charge in [-0.3, -0.25) is 10.2 Å². The first-order chi connectivity index (χ1) is 16.0. The Kier molecular flexibility index (Phi) is 7.51. The maximum Gasteiger partial charge on any atom is 0.573 e. The summed E-state index contributed by atoms with van der Waals surface area (Å²) < 4.78 is 45.9. The summed E-state index contributed by atoms with van der Waals surface area (Å²) in [4.78, 5) is 14.6. The third-order valence-corrected chi connectivity index (χ3v) is 5.61. The number of aryl methyl sites for hydroxylation is 1. The number of benzene rings is 2. The molecule has 34 heavy (non-hydrogen) atoms. The topological polar surface area (TPSA) is 109 Å². The van der Waals surface area contributed by atoms with Gasteiger partial charge < -0.3 is 25.2 Å². The van der Waals surface area contributed by atoms with E-state index in [4.69, 9.17) is 21.0 Å². The van der Waals surface area contributed by atoms with Crippen molar-refractivity contribution in [3.8, 4) is 5.75 Å². The predicted molar refractivity (Wildman–Crippen MR) is 120 cm³/mol. The van der Waals surface area contributed by atoms with Gasteiger partial charge in [-0.05, 0) is 49.2 Å². The van der Waals surface area contributed by atoms with Crippen LogP contribution in [0.4, 0.5) is 13.2 Å². The van der Waals surface area contributed by atoms with Crippen molar-refractivity contribution in [3.05, 3.63) is 70.3 Å². The van der Waals surface area contributed by atoms with Crippen LogP contribution in [0.25, 0.3) is 5.70 Å². The number of nitrogens with zero attached hydrogens (tertiary/aromatic N) is 1. The molecule has 7 nitrogen and oxygen atoms in total. The first kappa shape index (κ1) is 25.1. The highest BCUT2D eigenvalue weighted by Gasteiger charge is 2.34. The zero-order valence-corrected chi connectivity index (χ0v) is 18.8. The second kappa shape index (κ2) is 10.2. The highest BCUT2D eigenvalue weighted by molar-refractivity contribution is 6.00. The summed E-state index contributed by atoms with van der Waals surface area (Å²) in [6.07, 6.45) is -4.74. The van der Waals surface area contributed by atoms with Crippen LogP contribution in [0.5, 0.6) is 5.75 Å². The Morgan fingerprint density at radius 2 is 1.85 bits per heavy atom. The molecule has 1 amide bonds. The highest BCUT2D eigenvalue weighted by atomic mass is 19.4. The van der Waals surface area contributed by atoms with Gasteiger partial charge in [0.15, 0.2) is 0 Å². The van der Waals surface area contributed by atoms with Crippen LogP contribution >= 0.6 is 0 Å². The number of halogens is 3. The molecule has 0 aromatic heterocycles. The van der Waals surface area contributed by atoms with Crippen molar-refractivity contribution in [1.82, 2.24) is 4.90 Å². The lowest BCUT2D eigenvalue weighted by molar-refractivity contribution is -0.274. The van der Waals surface area contributed by atoms with Crippen molar-refractivity contribution in [1.29, 1.82) is 5.41 Å². The number of hydrogen-bond acceptors (Lipinski definition) is 6. The summed E-state index contributed by atoms with van der Waals surface area (Å²) in [5.41, 5.74) is 9.64. The molecule has 0 spiro atoms. The van der Waals surface area contributed by atoms with E-state index in [-0.39, 0.29) is 36.7 Å². The molecule has 10 heteroatoms. The number of ether oxygens (including phenoxy) is 2. The average Bonchev–Trinajstić information content (AvgIpc) is 2.75. The normalized spacial score (nSPS) is 14.8. The third-order valence-electron chi connectivity index (χ3n) is 5.61. The van der Waals surface area contributed by atoms with Crippen molar-refractivity contribution < 1.29 is 32.5 Å². The van der Waals surface area contributed by atoms with E-state index < -0.39 is 6.36 Å². The van der Waals surface area contributed by atoms with Crippen molar-refractivity contribution in [2.45, 2.75) is 26.1 Å². The quantitative estimate of drug-likeness (QED) is 0.415. The van der Waals surface area contributed by atoms with Crippen molar-refractivity contribution in [2.75, 3.05) is 26.3 Å². The number of nitrogens with one attached hydrogen (secondary N) is 1. The SMILES string of the molecule is C/C(C(=N)OCCO)=C(/N)c1cc(C(=O)N2CC(c3ccc(OC(F)(F)F)cc3)C2)ccc1C. The van der Waals surface area contributed by atoms with Crippen molar-refractivity contribution >= 4 is 17.5 Å². The van der Waals surface area contributed by atoms with Crippen molar-refractivity contribution in [2.24, 2.45) is 5.73 Å². The van der Waals surface area contributed by atoms with Crippen LogP contribution in [-0.4, -0.2) is 54.5 Å². The fraction of sp³-hybridized carbons (Fsp3) is 0.333. The number of aliphatic hydroxyl groups is 1. The number of hydrogen-bond donors (Lipinski definition) is 3. The first-order valence-electron chi connectivity index (χ1n) is 10.5. The van der Waals surface area contributed by atoms with Gasteiger partial charge in [0.25, 0.3) is 5.91 Å². The minimum Gasteiger partial charge on any atom is -0.475 e. The minimum atomic E-state index is -4.74. The minimum absolute atomic E-state index is 0.0187. The number of carbonyl (C=O) groups is 1. The number of amides is 1. The standard InChI is InChI=1S/C24H26F3N3O4/c1-14-3-4-17(11-20(14)21(28)15(2)22(29)33-10-9-31)23(32)30-12-18(13-30)16-5-7-19(8-6-16)34-24(25,26)27/h3-8,11,18,29,31H,9-10,12-13,28H2,1-2H3/b21-15-,29-22?. The van der Waals surface area contributed by atoms with Gasteiger partial charge in [-0.15, -0.1) is 13.2 Å². The van der Waals surface area contributed by atoms with E-state index in [9.17, 15) is 18.0 Å². The molecule has 0 radical (unpaired) electrons. The van der Waals surface area contributed by atoms with Crippen LogP contribution in [0.15, 0.2) is 48.0 Å². The summed E-state index contributed by atoms with van der Waals surface area (Å²) in [6, 6.07) is 10.8. The molecule has 0 saturated carbocycles. The van der Waals surface area contributed by atoms with E-state index in [1.807, 2.05) is 6.92 Å². The van der Waals surface area contributed by atoms with E-state index in [1.54, 1.807) is 42.2 Å². The second-order valence-electron chi connectivity index (χ2n) is 7.99. The summed E-state index contributed by atoms with van der Waals surface area (Å²) in [5.74, 6) is -0.608. The van der Waals surface area contributed by atoms with Gasteiger partial charge >= 0.3 is 6.36 Å². The molecule has 2 aromatic carbocycles. The molecule has 0 unspecified atom stereocenters. The summed E-state index contributed by atoms with van der Waals surface area (Å²) in [5, 5.41) is 16.8. The molecule has 0 aliphatic carbocycles. The van der Waals surface area contributed by atoms with Gasteiger partial charge in [0.05, 0.1) is 6.61 Å². The van der Waals surface area contributed by atoms with Crippen LogP contribution < -0.4 is 10.5 Å². The summed E-state index contributed by atoms with van der Waals surface area (Å²) in [6.45, 7) is 4.11. The molecular weight excluding hydrogens is 451 g/mol. The number of alkyl halides is 3. The van der Waals surface area contributed by atoms with E-state index in [0.717, 1.165) is 11.1 Å². The predicted octanol–water partition coefficient (Wildman–Crippen LogP) is 3.81. The number of aliphatic hydroxyl groups excluding tert-OH is 1. The lowest BCUT2D eigenvalue weighted by Crippen LogP contribution is -2.48. The molecule has 1 aliphatic rings. The smallest absolute Gasteiger partial charge is 0.475 e. The zero-order chi connectivity index (χ0) is 25.0. The maximum atomic E-state index is 13.0. The molecule has 0 bridgehead atoms. The molecule has 182 valence electrons. The molecule has 1 saturated heterocycles. The molecule has 1 aliphatic heterocycles. The third kappa shape index (κ3) is 5.88. The molecule has 4 N–H and O–H groups in total. The second-order valence-corrected chi connectivity index (χ2v) is 7.99. The number of nitrogens with two attached hydrogens (primary N) is 1. The van der Waals surface area contributed by atoms with E-state index >= 15 is 0 Å². The Labute approximate surface area is 195 Å². The molecule has 0 atom stereocenters. The average molecular weight is 477 g/mol. The van der Waals surface area contributed by atoms with E-state index in [2.05, 4.69) is 4.74 Å². The van der Waals surface area contributed by atoms with Crippen LogP contribution in [0.2, 0.25) is 0 Å². The Morgan fingerprint density at radius 3 is 2.44 bits per heavy atom. The van der Waals surface area contributed by atoms with Gasteiger partial charge in [-0.25, -0.2) is 0 Å². The number of rotatable bonds is 7. The van der Waals surface area contributed by atoms with Gasteiger partial charge in [0.1, 0.15) is 12.4 Å². The molecule has 3 rings (SSSR count). The van der Waals surface area contributed by atoms with Crippen LogP contribution in [0.3, 0.4) is 0 Å².